The van der Waals surface area contributed by atoms with E-state index in [9.17, 15) is 4.79 Å². The molecule has 8 nitrogen and oxygen atoms in total. The number of urea groups is 1. The number of nitrogens with zero attached hydrogens (tertiary/aromatic N) is 4. The van der Waals surface area contributed by atoms with Crippen molar-refractivity contribution in [3.05, 3.63) is 66.5 Å². The topological polar surface area (TPSA) is 79.8 Å². The Labute approximate surface area is 187 Å². The van der Waals surface area contributed by atoms with Crippen LogP contribution in [0.2, 0.25) is 0 Å². The molecule has 32 heavy (non-hydrogen) atoms. The van der Waals surface area contributed by atoms with E-state index in [0.717, 1.165) is 23.0 Å². The summed E-state index contributed by atoms with van der Waals surface area (Å²) in [7, 11) is 0. The summed E-state index contributed by atoms with van der Waals surface area (Å²) in [4.78, 5) is 25.6. The lowest BCUT2D eigenvalue weighted by Crippen LogP contribution is -2.50. The van der Waals surface area contributed by atoms with Gasteiger partial charge in [0, 0.05) is 37.9 Å². The largest absolute Gasteiger partial charge is 0.494 e. The Hall–Kier alpha value is -3.81. The maximum atomic E-state index is 12.7. The van der Waals surface area contributed by atoms with E-state index in [1.54, 1.807) is 0 Å². The second kappa shape index (κ2) is 10.00. The third-order valence-corrected chi connectivity index (χ3v) is 5.07. The van der Waals surface area contributed by atoms with Crippen LogP contribution in [0.1, 0.15) is 12.7 Å². The molecular weight excluding hydrogens is 406 g/mol. The van der Waals surface area contributed by atoms with Crippen LogP contribution in [0.5, 0.6) is 17.4 Å². The lowest BCUT2D eigenvalue weighted by atomic mass is 10.3. The number of hydrogen-bond acceptors (Lipinski definition) is 6. The molecule has 0 spiro atoms. The Morgan fingerprint density at radius 1 is 0.969 bits per heavy atom. The maximum Gasteiger partial charge on any atom is 0.321 e. The molecule has 0 aliphatic carbocycles. The van der Waals surface area contributed by atoms with Gasteiger partial charge in [-0.15, -0.1) is 0 Å². The standard InChI is InChI=1S/C24H27N5O3/c1-3-31-20-11-9-19(10-12-20)27-24(30)29-15-13-28(14-16-29)22-17-23(26-18(2)25-22)32-21-7-5-4-6-8-21/h4-12,17H,3,13-16H2,1-2H3,(H,27,30). The first kappa shape index (κ1) is 21.4. The van der Waals surface area contributed by atoms with Gasteiger partial charge < -0.3 is 24.6 Å². The molecule has 1 N–H and O–H groups in total. The summed E-state index contributed by atoms with van der Waals surface area (Å²) in [6, 6.07) is 18.7. The molecule has 2 amide bonds. The number of para-hydroxylation sites is 1. The van der Waals surface area contributed by atoms with Crippen molar-refractivity contribution in [2.75, 3.05) is 43.0 Å². The molecule has 1 saturated heterocycles. The van der Waals surface area contributed by atoms with Crippen LogP contribution in [-0.4, -0.2) is 53.7 Å². The van der Waals surface area contributed by atoms with Crippen LogP contribution in [0, 0.1) is 6.92 Å². The van der Waals surface area contributed by atoms with E-state index in [2.05, 4.69) is 20.2 Å². The van der Waals surface area contributed by atoms with E-state index in [4.69, 9.17) is 9.47 Å². The monoisotopic (exact) mass is 433 g/mol. The fourth-order valence-electron chi connectivity index (χ4n) is 3.49. The highest BCUT2D eigenvalue weighted by Gasteiger charge is 2.23. The summed E-state index contributed by atoms with van der Waals surface area (Å²) >= 11 is 0. The summed E-state index contributed by atoms with van der Waals surface area (Å²) in [6.45, 7) is 6.95. The van der Waals surface area contributed by atoms with Gasteiger partial charge in [0.1, 0.15) is 23.1 Å². The lowest BCUT2D eigenvalue weighted by Gasteiger charge is -2.35. The minimum Gasteiger partial charge on any atom is -0.494 e. The number of benzene rings is 2. The molecule has 1 aliphatic rings. The zero-order valence-electron chi connectivity index (χ0n) is 18.3. The predicted octanol–water partition coefficient (Wildman–Crippen LogP) is 4.33. The summed E-state index contributed by atoms with van der Waals surface area (Å²) in [5.41, 5.74) is 0.745. The van der Waals surface area contributed by atoms with Gasteiger partial charge in [-0.3, -0.25) is 0 Å². The van der Waals surface area contributed by atoms with E-state index in [1.165, 1.54) is 0 Å². The van der Waals surface area contributed by atoms with E-state index in [0.29, 0.717) is 44.5 Å². The fourth-order valence-corrected chi connectivity index (χ4v) is 3.49. The molecule has 2 heterocycles. The number of rotatable bonds is 6. The number of ether oxygens (including phenoxy) is 2. The van der Waals surface area contributed by atoms with Crippen LogP contribution < -0.4 is 19.7 Å². The maximum absolute atomic E-state index is 12.7. The van der Waals surface area contributed by atoms with Crippen LogP contribution in [-0.2, 0) is 0 Å². The Bertz CT molecular complexity index is 1040. The zero-order chi connectivity index (χ0) is 22.3. The first-order valence-corrected chi connectivity index (χ1v) is 10.7. The lowest BCUT2D eigenvalue weighted by molar-refractivity contribution is 0.208. The normalized spacial score (nSPS) is 13.6. The number of anilines is 2. The van der Waals surface area contributed by atoms with Crippen molar-refractivity contribution in [3.63, 3.8) is 0 Å². The van der Waals surface area contributed by atoms with Crippen LogP contribution >= 0.6 is 0 Å². The fraction of sp³-hybridized carbons (Fsp3) is 0.292. The van der Waals surface area contributed by atoms with Gasteiger partial charge in [0.25, 0.3) is 0 Å². The number of nitrogens with one attached hydrogen (secondary N) is 1. The molecule has 0 unspecified atom stereocenters. The van der Waals surface area contributed by atoms with Crippen LogP contribution in [0.4, 0.5) is 16.3 Å². The quantitative estimate of drug-likeness (QED) is 0.623. The van der Waals surface area contributed by atoms with Crippen molar-refractivity contribution in [1.29, 1.82) is 0 Å². The van der Waals surface area contributed by atoms with E-state index in [1.807, 2.05) is 79.4 Å². The van der Waals surface area contributed by atoms with Crippen LogP contribution in [0.25, 0.3) is 0 Å². The van der Waals surface area contributed by atoms with Crippen LogP contribution in [0.15, 0.2) is 60.7 Å². The van der Waals surface area contributed by atoms with Gasteiger partial charge in [0.05, 0.1) is 6.61 Å². The minimum atomic E-state index is -0.110. The molecule has 0 radical (unpaired) electrons. The number of carbonyl (C=O) groups excluding carboxylic acids is 1. The number of hydrogen-bond donors (Lipinski definition) is 1. The molecule has 0 bridgehead atoms. The average Bonchev–Trinajstić information content (AvgIpc) is 2.81. The van der Waals surface area contributed by atoms with Gasteiger partial charge in [-0.2, -0.15) is 4.98 Å². The van der Waals surface area contributed by atoms with Crippen molar-refractivity contribution in [2.45, 2.75) is 13.8 Å². The molecule has 1 aliphatic heterocycles. The summed E-state index contributed by atoms with van der Waals surface area (Å²) in [5.74, 6) is 3.47. The molecule has 1 fully saturated rings. The summed E-state index contributed by atoms with van der Waals surface area (Å²) < 4.78 is 11.3. The van der Waals surface area contributed by atoms with Gasteiger partial charge >= 0.3 is 6.03 Å². The van der Waals surface area contributed by atoms with E-state index < -0.39 is 0 Å². The highest BCUT2D eigenvalue weighted by Crippen LogP contribution is 2.24. The number of piperazine rings is 1. The Kier molecular flexibility index (Phi) is 6.69. The predicted molar refractivity (Wildman–Crippen MR) is 124 cm³/mol. The Balaban J connectivity index is 1.34. The second-order valence-corrected chi connectivity index (χ2v) is 7.39. The van der Waals surface area contributed by atoms with Gasteiger partial charge in [0.2, 0.25) is 5.88 Å². The molecule has 1 aromatic heterocycles. The van der Waals surface area contributed by atoms with Crippen molar-refractivity contribution < 1.29 is 14.3 Å². The van der Waals surface area contributed by atoms with Crippen LogP contribution in [0.3, 0.4) is 0 Å². The summed E-state index contributed by atoms with van der Waals surface area (Å²) in [5, 5.41) is 2.95. The minimum absolute atomic E-state index is 0.110. The molecule has 166 valence electrons. The molecule has 0 saturated carbocycles. The van der Waals surface area contributed by atoms with Crippen molar-refractivity contribution in [1.82, 2.24) is 14.9 Å². The third-order valence-electron chi connectivity index (χ3n) is 5.07. The van der Waals surface area contributed by atoms with Crippen molar-refractivity contribution in [3.8, 4) is 17.4 Å². The summed E-state index contributed by atoms with van der Waals surface area (Å²) in [6.07, 6.45) is 0. The zero-order valence-corrected chi connectivity index (χ0v) is 18.3. The number of amides is 2. The molecule has 3 aromatic rings. The van der Waals surface area contributed by atoms with Gasteiger partial charge in [-0.05, 0) is 50.2 Å². The molecule has 8 heteroatoms. The Morgan fingerprint density at radius 2 is 1.69 bits per heavy atom. The highest BCUT2D eigenvalue weighted by atomic mass is 16.5. The van der Waals surface area contributed by atoms with E-state index in [-0.39, 0.29) is 6.03 Å². The smallest absolute Gasteiger partial charge is 0.321 e. The Morgan fingerprint density at radius 3 is 2.38 bits per heavy atom. The van der Waals surface area contributed by atoms with Crippen molar-refractivity contribution >= 4 is 17.5 Å². The van der Waals surface area contributed by atoms with Gasteiger partial charge in [0.15, 0.2) is 0 Å². The number of aryl methyl sites for hydroxylation is 1. The number of aromatic nitrogens is 2. The first-order valence-electron chi connectivity index (χ1n) is 10.7. The average molecular weight is 434 g/mol. The molecule has 0 atom stereocenters. The molecule has 4 rings (SSSR count). The van der Waals surface area contributed by atoms with Gasteiger partial charge in [-0.1, -0.05) is 18.2 Å². The van der Waals surface area contributed by atoms with Gasteiger partial charge in [-0.25, -0.2) is 9.78 Å². The third kappa shape index (κ3) is 5.46. The second-order valence-electron chi connectivity index (χ2n) is 7.39. The SMILES string of the molecule is CCOc1ccc(NC(=O)N2CCN(c3cc(Oc4ccccc4)nc(C)n3)CC2)cc1. The number of carbonyl (C=O) groups is 1. The molecule has 2 aromatic carbocycles. The first-order chi connectivity index (χ1) is 15.6. The van der Waals surface area contributed by atoms with E-state index >= 15 is 0 Å². The molecular formula is C24H27N5O3. The van der Waals surface area contributed by atoms with Crippen molar-refractivity contribution in [2.24, 2.45) is 0 Å². The highest BCUT2D eigenvalue weighted by molar-refractivity contribution is 5.89.